The fraction of sp³-hybridized carbons (Fsp3) is 0.500. The summed E-state index contributed by atoms with van der Waals surface area (Å²) in [5, 5.41) is 21.4. The summed E-state index contributed by atoms with van der Waals surface area (Å²) in [7, 11) is 1.50. The second kappa shape index (κ2) is 6.43. The lowest BCUT2D eigenvalue weighted by atomic mass is 9.89. The summed E-state index contributed by atoms with van der Waals surface area (Å²) in [6.45, 7) is 4.40. The van der Waals surface area contributed by atoms with Gasteiger partial charge in [-0.1, -0.05) is 13.8 Å². The Labute approximate surface area is 113 Å². The molecule has 0 fully saturated rings. The first-order valence-electron chi connectivity index (χ1n) is 6.16. The van der Waals surface area contributed by atoms with Gasteiger partial charge >= 0.3 is 0 Å². The first-order chi connectivity index (χ1) is 8.89. The SMILES string of the molecule is COc1ccc(O)c(C(=O)NCC(C)(C)CCO)c1. The van der Waals surface area contributed by atoms with E-state index < -0.39 is 0 Å². The van der Waals surface area contributed by atoms with E-state index in [4.69, 9.17) is 9.84 Å². The zero-order valence-corrected chi connectivity index (χ0v) is 11.6. The van der Waals surface area contributed by atoms with Crippen LogP contribution < -0.4 is 10.1 Å². The molecule has 106 valence electrons. The molecule has 0 aromatic heterocycles. The van der Waals surface area contributed by atoms with E-state index >= 15 is 0 Å². The van der Waals surface area contributed by atoms with Crippen molar-refractivity contribution in [1.29, 1.82) is 0 Å². The van der Waals surface area contributed by atoms with Crippen molar-refractivity contribution in [3.8, 4) is 11.5 Å². The second-order valence-corrected chi connectivity index (χ2v) is 5.20. The normalized spacial score (nSPS) is 11.2. The Hall–Kier alpha value is -1.75. The molecule has 3 N–H and O–H groups in total. The van der Waals surface area contributed by atoms with Crippen LogP contribution in [0.4, 0.5) is 0 Å². The van der Waals surface area contributed by atoms with Gasteiger partial charge in [-0.2, -0.15) is 0 Å². The molecule has 0 unspecified atom stereocenters. The Balaban J connectivity index is 2.73. The predicted octanol–water partition coefficient (Wildman–Crippen LogP) is 1.54. The number of nitrogens with one attached hydrogen (secondary N) is 1. The molecule has 0 bridgehead atoms. The van der Waals surface area contributed by atoms with Crippen molar-refractivity contribution in [2.24, 2.45) is 5.41 Å². The number of rotatable bonds is 6. The number of phenolic OH excluding ortho intramolecular Hbond substituents is 1. The summed E-state index contributed by atoms with van der Waals surface area (Å²) in [4.78, 5) is 12.0. The molecule has 0 aliphatic heterocycles. The van der Waals surface area contributed by atoms with Crippen LogP contribution in [0, 0.1) is 5.41 Å². The third-order valence-corrected chi connectivity index (χ3v) is 2.96. The van der Waals surface area contributed by atoms with E-state index in [-0.39, 0.29) is 29.2 Å². The lowest BCUT2D eigenvalue weighted by Gasteiger charge is -2.23. The predicted molar refractivity (Wildman–Crippen MR) is 72.5 cm³/mol. The first-order valence-corrected chi connectivity index (χ1v) is 6.16. The Kier molecular flexibility index (Phi) is 5.18. The van der Waals surface area contributed by atoms with Crippen molar-refractivity contribution < 1.29 is 19.7 Å². The molecule has 5 heteroatoms. The molecule has 0 spiro atoms. The van der Waals surface area contributed by atoms with Crippen LogP contribution in [-0.4, -0.2) is 36.4 Å². The molecule has 19 heavy (non-hydrogen) atoms. The van der Waals surface area contributed by atoms with E-state index in [1.807, 2.05) is 13.8 Å². The van der Waals surface area contributed by atoms with Gasteiger partial charge in [-0.3, -0.25) is 4.79 Å². The molecule has 1 rings (SSSR count). The van der Waals surface area contributed by atoms with Crippen LogP contribution in [0.25, 0.3) is 0 Å². The van der Waals surface area contributed by atoms with E-state index in [0.29, 0.717) is 18.7 Å². The summed E-state index contributed by atoms with van der Waals surface area (Å²) < 4.78 is 5.02. The van der Waals surface area contributed by atoms with Crippen molar-refractivity contribution >= 4 is 5.91 Å². The molecule has 0 atom stereocenters. The van der Waals surface area contributed by atoms with Gasteiger partial charge in [0, 0.05) is 13.2 Å². The third-order valence-electron chi connectivity index (χ3n) is 2.96. The van der Waals surface area contributed by atoms with Gasteiger partial charge in [0.05, 0.1) is 12.7 Å². The fourth-order valence-electron chi connectivity index (χ4n) is 1.63. The summed E-state index contributed by atoms with van der Waals surface area (Å²) in [6.07, 6.45) is 0.595. The average molecular weight is 267 g/mol. The maximum Gasteiger partial charge on any atom is 0.255 e. The molecule has 0 saturated carbocycles. The van der Waals surface area contributed by atoms with Gasteiger partial charge in [0.15, 0.2) is 0 Å². The standard InChI is InChI=1S/C14H21NO4/c1-14(2,6-7-16)9-15-13(18)11-8-10(19-3)4-5-12(11)17/h4-5,8,16-17H,6-7,9H2,1-3H3,(H,15,18). The molecule has 0 aliphatic carbocycles. The maximum absolute atomic E-state index is 12.0. The van der Waals surface area contributed by atoms with Crippen molar-refractivity contribution in [2.75, 3.05) is 20.3 Å². The van der Waals surface area contributed by atoms with Crippen molar-refractivity contribution in [1.82, 2.24) is 5.32 Å². The molecular weight excluding hydrogens is 246 g/mol. The Morgan fingerprint density at radius 3 is 2.68 bits per heavy atom. The number of benzene rings is 1. The summed E-state index contributed by atoms with van der Waals surface area (Å²) in [5.74, 6) is 0.0678. The number of phenols is 1. The molecule has 0 saturated heterocycles. The van der Waals surface area contributed by atoms with Crippen molar-refractivity contribution in [3.63, 3.8) is 0 Å². The highest BCUT2D eigenvalue weighted by Gasteiger charge is 2.20. The Morgan fingerprint density at radius 2 is 2.11 bits per heavy atom. The lowest BCUT2D eigenvalue weighted by molar-refractivity contribution is 0.0925. The zero-order valence-electron chi connectivity index (χ0n) is 11.6. The molecule has 0 heterocycles. The molecule has 1 amide bonds. The van der Waals surface area contributed by atoms with Gasteiger partial charge in [0.1, 0.15) is 11.5 Å². The lowest BCUT2D eigenvalue weighted by Crippen LogP contribution is -2.34. The topological polar surface area (TPSA) is 78.8 Å². The van der Waals surface area contributed by atoms with Crippen LogP contribution >= 0.6 is 0 Å². The average Bonchev–Trinajstić information content (AvgIpc) is 2.36. The second-order valence-electron chi connectivity index (χ2n) is 5.20. The van der Waals surface area contributed by atoms with E-state index in [0.717, 1.165) is 0 Å². The minimum Gasteiger partial charge on any atom is -0.507 e. The number of carbonyl (C=O) groups excluding carboxylic acids is 1. The van der Waals surface area contributed by atoms with Gasteiger partial charge in [-0.25, -0.2) is 0 Å². The molecule has 0 radical (unpaired) electrons. The Morgan fingerprint density at radius 1 is 1.42 bits per heavy atom. The maximum atomic E-state index is 12.0. The minimum absolute atomic E-state index is 0.0767. The van der Waals surface area contributed by atoms with Crippen LogP contribution in [0.15, 0.2) is 18.2 Å². The van der Waals surface area contributed by atoms with E-state index in [9.17, 15) is 9.90 Å². The smallest absolute Gasteiger partial charge is 0.255 e. The number of amides is 1. The van der Waals surface area contributed by atoms with E-state index in [2.05, 4.69) is 5.32 Å². The van der Waals surface area contributed by atoms with Crippen LogP contribution in [0.2, 0.25) is 0 Å². The van der Waals surface area contributed by atoms with Crippen LogP contribution in [0.1, 0.15) is 30.6 Å². The molecule has 5 nitrogen and oxygen atoms in total. The number of hydrogen-bond donors (Lipinski definition) is 3. The van der Waals surface area contributed by atoms with Crippen LogP contribution in [0.3, 0.4) is 0 Å². The number of aliphatic hydroxyl groups is 1. The molecule has 1 aromatic rings. The third kappa shape index (κ3) is 4.44. The highest BCUT2D eigenvalue weighted by molar-refractivity contribution is 5.97. The van der Waals surface area contributed by atoms with Gasteiger partial charge in [-0.05, 0) is 30.0 Å². The molecule has 1 aromatic carbocycles. The number of aromatic hydroxyl groups is 1. The van der Waals surface area contributed by atoms with Crippen LogP contribution in [0.5, 0.6) is 11.5 Å². The summed E-state index contributed by atoms with van der Waals surface area (Å²) >= 11 is 0. The number of methoxy groups -OCH3 is 1. The quantitative estimate of drug-likeness (QED) is 0.730. The highest BCUT2D eigenvalue weighted by Crippen LogP contribution is 2.23. The van der Waals surface area contributed by atoms with Crippen LogP contribution in [-0.2, 0) is 0 Å². The Bertz CT molecular complexity index is 443. The van der Waals surface area contributed by atoms with Gasteiger partial charge in [0.2, 0.25) is 0 Å². The van der Waals surface area contributed by atoms with E-state index in [1.54, 1.807) is 6.07 Å². The van der Waals surface area contributed by atoms with Crippen molar-refractivity contribution in [3.05, 3.63) is 23.8 Å². The largest absolute Gasteiger partial charge is 0.507 e. The fourth-order valence-corrected chi connectivity index (χ4v) is 1.63. The highest BCUT2D eigenvalue weighted by atomic mass is 16.5. The van der Waals surface area contributed by atoms with Crippen molar-refractivity contribution in [2.45, 2.75) is 20.3 Å². The number of carbonyl (C=O) groups is 1. The first kappa shape index (κ1) is 15.3. The number of hydrogen-bond acceptors (Lipinski definition) is 4. The zero-order chi connectivity index (χ0) is 14.5. The molecular formula is C14H21NO4. The van der Waals surface area contributed by atoms with Gasteiger partial charge < -0.3 is 20.3 Å². The summed E-state index contributed by atoms with van der Waals surface area (Å²) in [5.41, 5.74) is -0.0158. The molecule has 0 aliphatic rings. The van der Waals surface area contributed by atoms with Gasteiger partial charge in [-0.15, -0.1) is 0 Å². The minimum atomic E-state index is -0.359. The monoisotopic (exact) mass is 267 g/mol. The number of aliphatic hydroxyl groups excluding tert-OH is 1. The number of ether oxygens (including phenoxy) is 1. The summed E-state index contributed by atoms with van der Waals surface area (Å²) in [6, 6.07) is 4.50. The van der Waals surface area contributed by atoms with Gasteiger partial charge in [0.25, 0.3) is 5.91 Å². The van der Waals surface area contributed by atoms with E-state index in [1.165, 1.54) is 19.2 Å².